The maximum Gasteiger partial charge on any atom is 0.140 e. The molecule has 3 nitrogen and oxygen atoms in total. The molecule has 0 saturated heterocycles. The van der Waals surface area contributed by atoms with Gasteiger partial charge in [-0.25, -0.2) is 4.98 Å². The molecule has 21 heavy (non-hydrogen) atoms. The van der Waals surface area contributed by atoms with Crippen molar-refractivity contribution in [3.05, 3.63) is 16.7 Å². The molecule has 0 aliphatic heterocycles. The van der Waals surface area contributed by atoms with Crippen LogP contribution < -0.4 is 11.1 Å². The number of nitrogen functional groups attached to an aromatic ring is 1. The number of hydrogen-bond donors (Lipinski definition) is 2. The summed E-state index contributed by atoms with van der Waals surface area (Å²) in [5.74, 6) is 1.84. The molecule has 0 spiro atoms. The van der Waals surface area contributed by atoms with Crippen molar-refractivity contribution < 1.29 is 0 Å². The van der Waals surface area contributed by atoms with Crippen LogP contribution in [-0.4, -0.2) is 10.5 Å². The van der Waals surface area contributed by atoms with E-state index in [9.17, 15) is 0 Å². The summed E-state index contributed by atoms with van der Waals surface area (Å²) in [6.07, 6.45) is 9.85. The van der Waals surface area contributed by atoms with Crippen LogP contribution in [0.15, 0.2) is 16.7 Å². The molecule has 4 heteroatoms. The zero-order chi connectivity index (χ0) is 14.9. The molecular weight excluding hydrogens is 326 g/mol. The number of aromatic nitrogens is 1. The average Bonchev–Trinajstić information content (AvgIpc) is 2.28. The van der Waals surface area contributed by atoms with E-state index in [0.717, 1.165) is 16.2 Å². The minimum Gasteiger partial charge on any atom is -0.397 e. The lowest BCUT2D eigenvalue weighted by Gasteiger charge is -2.65. The number of nitrogens with zero attached hydrogens (tertiary/aromatic N) is 1. The third-order valence-corrected chi connectivity index (χ3v) is 6.48. The molecule has 4 fully saturated rings. The molecule has 1 heterocycles. The fraction of sp³-hybridized carbons (Fsp3) is 0.706. The first-order chi connectivity index (χ1) is 9.79. The summed E-state index contributed by atoms with van der Waals surface area (Å²) < 4.78 is 0.980. The van der Waals surface area contributed by atoms with Crippen molar-refractivity contribution in [2.45, 2.75) is 57.9 Å². The average molecular weight is 350 g/mol. The second kappa shape index (κ2) is 4.15. The van der Waals surface area contributed by atoms with Crippen LogP contribution in [0.3, 0.4) is 0 Å². The lowest BCUT2D eigenvalue weighted by molar-refractivity contribution is -0.0974. The van der Waals surface area contributed by atoms with E-state index in [-0.39, 0.29) is 5.54 Å². The molecule has 0 amide bonds. The van der Waals surface area contributed by atoms with Gasteiger partial charge in [0.2, 0.25) is 0 Å². The van der Waals surface area contributed by atoms with Gasteiger partial charge in [0.25, 0.3) is 0 Å². The first kappa shape index (κ1) is 13.9. The zero-order valence-electron chi connectivity index (χ0n) is 12.9. The van der Waals surface area contributed by atoms with Crippen LogP contribution in [0.2, 0.25) is 0 Å². The molecule has 1 aromatic rings. The van der Waals surface area contributed by atoms with E-state index in [1.54, 1.807) is 6.20 Å². The summed E-state index contributed by atoms with van der Waals surface area (Å²) in [7, 11) is 0. The molecule has 0 radical (unpaired) electrons. The Bertz CT molecular complexity index is 582. The Morgan fingerprint density at radius 2 is 1.86 bits per heavy atom. The molecule has 0 aromatic carbocycles. The number of nitrogens with one attached hydrogen (secondary N) is 1. The lowest BCUT2D eigenvalue weighted by atomic mass is 9.43. The highest BCUT2D eigenvalue weighted by atomic mass is 79.9. The highest BCUT2D eigenvalue weighted by molar-refractivity contribution is 9.10. The predicted octanol–water partition coefficient (Wildman–Crippen LogP) is 4.59. The van der Waals surface area contributed by atoms with Gasteiger partial charge in [-0.2, -0.15) is 0 Å². The summed E-state index contributed by atoms with van der Waals surface area (Å²) in [6, 6.07) is 1.94. The van der Waals surface area contributed by atoms with Gasteiger partial charge in [-0.15, -0.1) is 0 Å². The van der Waals surface area contributed by atoms with Gasteiger partial charge in [-0.05, 0) is 77.3 Å². The molecule has 114 valence electrons. The maximum absolute atomic E-state index is 5.81. The molecule has 2 atom stereocenters. The SMILES string of the molecule is CC12CC3CC(C)(C1)CC(Nc1ncc(N)cc1Br)(C3)C2. The van der Waals surface area contributed by atoms with Crippen LogP contribution >= 0.6 is 15.9 Å². The molecule has 5 rings (SSSR count). The van der Waals surface area contributed by atoms with E-state index in [1.807, 2.05) is 6.07 Å². The number of hydrogen-bond acceptors (Lipinski definition) is 3. The van der Waals surface area contributed by atoms with Gasteiger partial charge in [0, 0.05) is 5.54 Å². The minimum absolute atomic E-state index is 0.231. The van der Waals surface area contributed by atoms with Crippen molar-refractivity contribution in [2.75, 3.05) is 11.1 Å². The summed E-state index contributed by atoms with van der Waals surface area (Å²) in [5, 5.41) is 3.82. The maximum atomic E-state index is 5.81. The minimum atomic E-state index is 0.231. The Labute approximate surface area is 135 Å². The second-order valence-corrected chi connectivity index (χ2v) is 9.49. The molecule has 4 aliphatic carbocycles. The van der Waals surface area contributed by atoms with Crippen molar-refractivity contribution in [3.8, 4) is 0 Å². The van der Waals surface area contributed by atoms with Crippen LogP contribution in [-0.2, 0) is 0 Å². The Hall–Kier alpha value is -0.770. The van der Waals surface area contributed by atoms with Gasteiger partial charge >= 0.3 is 0 Å². The third kappa shape index (κ3) is 2.26. The molecular formula is C17H24BrN3. The lowest BCUT2D eigenvalue weighted by Crippen LogP contribution is -2.61. The Balaban J connectivity index is 1.68. The van der Waals surface area contributed by atoms with E-state index in [1.165, 1.54) is 38.5 Å². The molecule has 4 aliphatic rings. The van der Waals surface area contributed by atoms with E-state index < -0.39 is 0 Å². The van der Waals surface area contributed by atoms with Crippen molar-refractivity contribution in [1.82, 2.24) is 4.98 Å². The monoisotopic (exact) mass is 349 g/mol. The molecule has 3 N–H and O–H groups in total. The summed E-state index contributed by atoms with van der Waals surface area (Å²) in [4.78, 5) is 4.52. The van der Waals surface area contributed by atoms with Crippen LogP contribution in [0.1, 0.15) is 52.4 Å². The summed E-state index contributed by atoms with van der Waals surface area (Å²) >= 11 is 3.61. The van der Waals surface area contributed by atoms with Crippen LogP contribution in [0.25, 0.3) is 0 Å². The summed E-state index contributed by atoms with van der Waals surface area (Å²) in [5.41, 5.74) is 7.78. The standard InChI is InChI=1S/C17H24BrN3/c1-15-4-11-5-16(2,8-15)10-17(6-11,9-15)21-14-13(18)3-12(19)7-20-14/h3,7,11H,4-6,8-10,19H2,1-2H3,(H,20,21). The topological polar surface area (TPSA) is 50.9 Å². The van der Waals surface area contributed by atoms with E-state index in [2.05, 4.69) is 40.1 Å². The van der Waals surface area contributed by atoms with Crippen molar-refractivity contribution >= 4 is 27.4 Å². The molecule has 4 bridgehead atoms. The van der Waals surface area contributed by atoms with Crippen molar-refractivity contribution in [1.29, 1.82) is 0 Å². The molecule has 4 saturated carbocycles. The van der Waals surface area contributed by atoms with Gasteiger partial charge < -0.3 is 11.1 Å². The van der Waals surface area contributed by atoms with Crippen LogP contribution in [0.5, 0.6) is 0 Å². The zero-order valence-corrected chi connectivity index (χ0v) is 14.5. The van der Waals surface area contributed by atoms with Crippen LogP contribution in [0.4, 0.5) is 11.5 Å². The number of halogens is 1. The van der Waals surface area contributed by atoms with Gasteiger partial charge in [0.05, 0.1) is 16.4 Å². The first-order valence-electron chi connectivity index (χ1n) is 7.98. The second-order valence-electron chi connectivity index (χ2n) is 8.63. The largest absolute Gasteiger partial charge is 0.397 e. The van der Waals surface area contributed by atoms with Crippen molar-refractivity contribution in [3.63, 3.8) is 0 Å². The first-order valence-corrected chi connectivity index (χ1v) is 8.78. The van der Waals surface area contributed by atoms with E-state index in [4.69, 9.17) is 5.73 Å². The highest BCUT2D eigenvalue weighted by Crippen LogP contribution is 2.66. The molecule has 1 aromatic heterocycles. The quantitative estimate of drug-likeness (QED) is 0.820. The van der Waals surface area contributed by atoms with Crippen molar-refractivity contribution in [2.24, 2.45) is 16.7 Å². The van der Waals surface area contributed by atoms with Crippen LogP contribution in [0, 0.1) is 16.7 Å². The Morgan fingerprint density at radius 3 is 2.43 bits per heavy atom. The van der Waals surface area contributed by atoms with Gasteiger partial charge in [-0.3, -0.25) is 0 Å². The predicted molar refractivity (Wildman–Crippen MR) is 90.1 cm³/mol. The van der Waals surface area contributed by atoms with Gasteiger partial charge in [-0.1, -0.05) is 13.8 Å². The number of anilines is 2. The number of pyridine rings is 1. The van der Waals surface area contributed by atoms with Gasteiger partial charge in [0.15, 0.2) is 0 Å². The fourth-order valence-corrected chi connectivity index (χ4v) is 6.85. The molecule has 2 unspecified atom stereocenters. The Morgan fingerprint density at radius 1 is 1.19 bits per heavy atom. The highest BCUT2D eigenvalue weighted by Gasteiger charge is 2.60. The third-order valence-electron chi connectivity index (χ3n) is 5.87. The fourth-order valence-electron chi connectivity index (χ4n) is 6.38. The smallest absolute Gasteiger partial charge is 0.140 e. The number of nitrogens with two attached hydrogens (primary N) is 1. The Kier molecular flexibility index (Phi) is 2.74. The summed E-state index contributed by atoms with van der Waals surface area (Å²) in [6.45, 7) is 5.00. The van der Waals surface area contributed by atoms with E-state index in [0.29, 0.717) is 16.5 Å². The van der Waals surface area contributed by atoms with Gasteiger partial charge in [0.1, 0.15) is 5.82 Å². The number of rotatable bonds is 2. The van der Waals surface area contributed by atoms with E-state index >= 15 is 0 Å². The normalized spacial score (nSPS) is 44.0.